The van der Waals surface area contributed by atoms with E-state index in [-0.39, 0.29) is 22.9 Å². The maximum absolute atomic E-state index is 12.3. The molecule has 0 heterocycles. The summed E-state index contributed by atoms with van der Waals surface area (Å²) in [6.07, 6.45) is -0.435. The molecule has 0 aliphatic heterocycles. The van der Waals surface area contributed by atoms with E-state index in [2.05, 4.69) is 15.4 Å². The second kappa shape index (κ2) is 9.43. The summed E-state index contributed by atoms with van der Waals surface area (Å²) in [4.78, 5) is 35.8. The second-order valence-corrected chi connectivity index (χ2v) is 7.64. The number of hydrogen-bond acceptors (Lipinski definition) is 5. The highest BCUT2D eigenvalue weighted by Crippen LogP contribution is 2.22. The summed E-state index contributed by atoms with van der Waals surface area (Å²) in [5.41, 5.74) is 1.33. The largest absolute Gasteiger partial charge is 0.465 e. The van der Waals surface area contributed by atoms with Crippen molar-refractivity contribution in [1.29, 1.82) is 0 Å². The number of carbonyl (C=O) groups excluding carboxylic acids is 3. The van der Waals surface area contributed by atoms with Gasteiger partial charge in [0.2, 0.25) is 5.91 Å². The number of esters is 1. The number of methoxy groups -OCH3 is 1. The van der Waals surface area contributed by atoms with E-state index in [0.29, 0.717) is 11.4 Å². The molecule has 0 fully saturated rings. The smallest absolute Gasteiger partial charge is 0.412 e. The van der Waals surface area contributed by atoms with Crippen molar-refractivity contribution in [2.45, 2.75) is 32.8 Å². The van der Waals surface area contributed by atoms with E-state index >= 15 is 0 Å². The molecule has 0 aromatic heterocycles. The van der Waals surface area contributed by atoms with Gasteiger partial charge in [0.05, 0.1) is 24.1 Å². The molecule has 0 radical (unpaired) electrons. The Labute approximate surface area is 174 Å². The standard InChI is InChI=1S/C21H23ClN2O5/c1-21(2,3)29-20(27)24-14-7-5-13(6-8-14)11-18(25)23-15-9-10-17(22)16(12-15)19(26)28-4/h5-10,12H,11H2,1-4H3,(H,23,25)(H,24,27). The van der Waals surface area contributed by atoms with Crippen LogP contribution in [0.3, 0.4) is 0 Å². The summed E-state index contributed by atoms with van der Waals surface area (Å²) in [5.74, 6) is -0.852. The number of hydrogen-bond donors (Lipinski definition) is 2. The van der Waals surface area contributed by atoms with Gasteiger partial charge in [0, 0.05) is 11.4 Å². The van der Waals surface area contributed by atoms with Crippen molar-refractivity contribution in [3.8, 4) is 0 Å². The SMILES string of the molecule is COC(=O)c1cc(NC(=O)Cc2ccc(NC(=O)OC(C)(C)C)cc2)ccc1Cl. The van der Waals surface area contributed by atoms with Crippen LogP contribution in [0, 0.1) is 0 Å². The Balaban J connectivity index is 1.96. The van der Waals surface area contributed by atoms with Gasteiger partial charge in [-0.2, -0.15) is 0 Å². The highest BCUT2D eigenvalue weighted by Gasteiger charge is 2.16. The van der Waals surface area contributed by atoms with Crippen molar-refractivity contribution in [2.24, 2.45) is 0 Å². The van der Waals surface area contributed by atoms with Gasteiger partial charge in [-0.25, -0.2) is 9.59 Å². The number of amides is 2. The van der Waals surface area contributed by atoms with E-state index in [4.69, 9.17) is 16.3 Å². The molecule has 0 saturated heterocycles. The molecule has 0 aliphatic carbocycles. The summed E-state index contributed by atoms with van der Waals surface area (Å²) in [5, 5.41) is 5.58. The maximum Gasteiger partial charge on any atom is 0.412 e. The molecule has 8 heteroatoms. The van der Waals surface area contributed by atoms with Crippen LogP contribution in [0.2, 0.25) is 5.02 Å². The number of nitrogens with one attached hydrogen (secondary N) is 2. The van der Waals surface area contributed by atoms with Crippen LogP contribution in [0.25, 0.3) is 0 Å². The summed E-state index contributed by atoms with van der Waals surface area (Å²) in [7, 11) is 1.26. The van der Waals surface area contributed by atoms with Gasteiger partial charge < -0.3 is 14.8 Å². The first-order chi connectivity index (χ1) is 13.6. The molecule has 0 atom stereocenters. The fraction of sp³-hybridized carbons (Fsp3) is 0.286. The summed E-state index contributed by atoms with van der Waals surface area (Å²) < 4.78 is 9.85. The van der Waals surface area contributed by atoms with Crippen LogP contribution in [-0.4, -0.2) is 30.7 Å². The second-order valence-electron chi connectivity index (χ2n) is 7.23. The number of rotatable bonds is 5. The zero-order chi connectivity index (χ0) is 21.6. The van der Waals surface area contributed by atoms with Gasteiger partial charge in [-0.15, -0.1) is 0 Å². The molecule has 2 N–H and O–H groups in total. The van der Waals surface area contributed by atoms with E-state index in [0.717, 1.165) is 5.56 Å². The number of ether oxygens (including phenoxy) is 2. The van der Waals surface area contributed by atoms with Crippen molar-refractivity contribution < 1.29 is 23.9 Å². The van der Waals surface area contributed by atoms with Crippen LogP contribution in [0.15, 0.2) is 42.5 Å². The van der Waals surface area contributed by atoms with Crippen LogP contribution >= 0.6 is 11.6 Å². The van der Waals surface area contributed by atoms with E-state index in [1.165, 1.54) is 19.2 Å². The molecule has 29 heavy (non-hydrogen) atoms. The molecular formula is C21H23ClN2O5. The molecule has 154 valence electrons. The lowest BCUT2D eigenvalue weighted by Gasteiger charge is -2.19. The average Bonchev–Trinajstić information content (AvgIpc) is 2.62. The molecule has 0 spiro atoms. The quantitative estimate of drug-likeness (QED) is 0.689. The van der Waals surface area contributed by atoms with E-state index in [9.17, 15) is 14.4 Å². The third kappa shape index (κ3) is 7.12. The molecule has 2 aromatic rings. The molecule has 0 unspecified atom stereocenters. The van der Waals surface area contributed by atoms with Gasteiger partial charge in [-0.05, 0) is 56.7 Å². The number of halogens is 1. The topological polar surface area (TPSA) is 93.7 Å². The molecule has 2 aromatic carbocycles. The predicted octanol–water partition coefficient (Wildman–Crippen LogP) is 4.65. The lowest BCUT2D eigenvalue weighted by atomic mass is 10.1. The monoisotopic (exact) mass is 418 g/mol. The molecule has 0 aliphatic rings. The Hall–Kier alpha value is -3.06. The molecule has 2 amide bonds. The van der Waals surface area contributed by atoms with Gasteiger partial charge in [0.15, 0.2) is 0 Å². The Morgan fingerprint density at radius 1 is 0.966 bits per heavy atom. The lowest BCUT2D eigenvalue weighted by molar-refractivity contribution is -0.115. The first kappa shape index (κ1) is 22.2. The predicted molar refractivity (Wildman–Crippen MR) is 111 cm³/mol. The first-order valence-electron chi connectivity index (χ1n) is 8.84. The van der Waals surface area contributed by atoms with Gasteiger partial charge in [-0.1, -0.05) is 23.7 Å². The molecular weight excluding hydrogens is 396 g/mol. The van der Waals surface area contributed by atoms with Crippen LogP contribution in [0.5, 0.6) is 0 Å². The molecule has 0 bridgehead atoms. The van der Waals surface area contributed by atoms with E-state index < -0.39 is 17.7 Å². The Morgan fingerprint density at radius 3 is 2.17 bits per heavy atom. The molecule has 2 rings (SSSR count). The van der Waals surface area contributed by atoms with E-state index in [1.54, 1.807) is 51.1 Å². The van der Waals surface area contributed by atoms with Crippen molar-refractivity contribution in [2.75, 3.05) is 17.7 Å². The zero-order valence-corrected chi connectivity index (χ0v) is 17.4. The minimum absolute atomic E-state index is 0.114. The fourth-order valence-electron chi connectivity index (χ4n) is 2.39. The van der Waals surface area contributed by atoms with Crippen LogP contribution in [0.1, 0.15) is 36.7 Å². The highest BCUT2D eigenvalue weighted by atomic mass is 35.5. The van der Waals surface area contributed by atoms with Crippen molar-refractivity contribution in [3.63, 3.8) is 0 Å². The summed E-state index contributed by atoms with van der Waals surface area (Å²) in [6, 6.07) is 11.4. The fourth-order valence-corrected chi connectivity index (χ4v) is 2.58. The maximum atomic E-state index is 12.3. The minimum Gasteiger partial charge on any atom is -0.465 e. The van der Waals surface area contributed by atoms with Gasteiger partial charge in [0.1, 0.15) is 5.60 Å². The number of carbonyl (C=O) groups is 3. The van der Waals surface area contributed by atoms with Crippen LogP contribution < -0.4 is 10.6 Å². The highest BCUT2D eigenvalue weighted by molar-refractivity contribution is 6.33. The van der Waals surface area contributed by atoms with Crippen molar-refractivity contribution in [3.05, 3.63) is 58.6 Å². The van der Waals surface area contributed by atoms with Crippen molar-refractivity contribution >= 4 is 40.9 Å². The van der Waals surface area contributed by atoms with E-state index in [1.807, 2.05) is 0 Å². The average molecular weight is 419 g/mol. The Kier molecular flexibility index (Phi) is 7.23. The normalized spacial score (nSPS) is 10.8. The third-order valence-electron chi connectivity index (χ3n) is 3.62. The zero-order valence-electron chi connectivity index (χ0n) is 16.7. The first-order valence-corrected chi connectivity index (χ1v) is 9.22. The summed E-state index contributed by atoms with van der Waals surface area (Å²) in [6.45, 7) is 5.34. The molecule has 0 saturated carbocycles. The van der Waals surface area contributed by atoms with Gasteiger partial charge >= 0.3 is 12.1 Å². The Morgan fingerprint density at radius 2 is 1.59 bits per heavy atom. The third-order valence-corrected chi connectivity index (χ3v) is 3.95. The van der Waals surface area contributed by atoms with Crippen LogP contribution in [-0.2, 0) is 20.7 Å². The minimum atomic E-state index is -0.586. The number of anilines is 2. The van der Waals surface area contributed by atoms with Crippen molar-refractivity contribution in [1.82, 2.24) is 0 Å². The lowest BCUT2D eigenvalue weighted by Crippen LogP contribution is -2.27. The van der Waals surface area contributed by atoms with Gasteiger partial charge in [-0.3, -0.25) is 10.1 Å². The number of benzene rings is 2. The molecule has 7 nitrogen and oxygen atoms in total. The van der Waals surface area contributed by atoms with Crippen LogP contribution in [0.4, 0.5) is 16.2 Å². The summed E-state index contributed by atoms with van der Waals surface area (Å²) >= 11 is 5.97. The Bertz CT molecular complexity index is 904. The van der Waals surface area contributed by atoms with Gasteiger partial charge in [0.25, 0.3) is 0 Å².